The maximum absolute atomic E-state index is 5.76. The highest BCUT2D eigenvalue weighted by Gasteiger charge is 2.20. The van der Waals surface area contributed by atoms with Crippen molar-refractivity contribution in [3.8, 4) is 0 Å². The first kappa shape index (κ1) is 15.5. The quantitative estimate of drug-likeness (QED) is 0.784. The molecule has 1 aromatic rings. The third kappa shape index (κ3) is 4.54. The van der Waals surface area contributed by atoms with Gasteiger partial charge in [0.05, 0.1) is 26.4 Å². The number of nitrogens with one attached hydrogen (secondary N) is 1. The predicted molar refractivity (Wildman–Crippen MR) is 88.7 cm³/mol. The molecule has 1 N–H and O–H groups in total. The van der Waals surface area contributed by atoms with Gasteiger partial charge in [-0.2, -0.15) is 0 Å². The lowest BCUT2D eigenvalue weighted by Gasteiger charge is -2.29. The molecule has 1 aromatic carbocycles. The van der Waals surface area contributed by atoms with Gasteiger partial charge in [0.15, 0.2) is 0 Å². The molecule has 1 heterocycles. The summed E-state index contributed by atoms with van der Waals surface area (Å²) in [7, 11) is 0. The first-order valence-electron chi connectivity index (χ1n) is 8.22. The molecule has 1 aliphatic carbocycles. The zero-order chi connectivity index (χ0) is 15.0. The summed E-state index contributed by atoms with van der Waals surface area (Å²) in [6.07, 6.45) is 8.10. The standard InChI is InChI=1S/C19H25NO2/c1-2-6-16(7-3-1)14-21-10-11-22-15-19-12-17-8-4-5-9-18(17)13-20-19/h1-4,6-8,19-20H,5,9-15H2/t19-/m0/s1. The average molecular weight is 299 g/mol. The van der Waals surface area contributed by atoms with E-state index in [0.717, 1.165) is 19.6 Å². The third-order valence-corrected chi connectivity index (χ3v) is 4.26. The zero-order valence-corrected chi connectivity index (χ0v) is 13.1. The van der Waals surface area contributed by atoms with E-state index in [1.807, 2.05) is 18.2 Å². The first-order chi connectivity index (χ1) is 10.9. The summed E-state index contributed by atoms with van der Waals surface area (Å²) < 4.78 is 11.4. The summed E-state index contributed by atoms with van der Waals surface area (Å²) in [5.41, 5.74) is 4.32. The zero-order valence-electron chi connectivity index (χ0n) is 13.1. The summed E-state index contributed by atoms with van der Waals surface area (Å²) in [5.74, 6) is 0. The molecular formula is C19H25NO2. The lowest BCUT2D eigenvalue weighted by atomic mass is 9.90. The molecule has 0 radical (unpaired) electrons. The lowest BCUT2D eigenvalue weighted by molar-refractivity contribution is 0.0325. The van der Waals surface area contributed by atoms with Crippen LogP contribution in [0.5, 0.6) is 0 Å². The van der Waals surface area contributed by atoms with Crippen LogP contribution < -0.4 is 5.32 Å². The molecule has 0 amide bonds. The fraction of sp³-hybridized carbons (Fsp3) is 0.474. The maximum Gasteiger partial charge on any atom is 0.0718 e. The molecule has 0 saturated heterocycles. The summed E-state index contributed by atoms with van der Waals surface area (Å²) in [6.45, 7) is 3.76. The van der Waals surface area contributed by atoms with E-state index in [2.05, 4.69) is 29.6 Å². The smallest absolute Gasteiger partial charge is 0.0718 e. The monoisotopic (exact) mass is 299 g/mol. The molecule has 1 aliphatic heterocycles. The molecule has 22 heavy (non-hydrogen) atoms. The fourth-order valence-corrected chi connectivity index (χ4v) is 3.01. The van der Waals surface area contributed by atoms with Gasteiger partial charge in [-0.1, -0.05) is 48.1 Å². The summed E-state index contributed by atoms with van der Waals surface area (Å²) in [5, 5.41) is 3.58. The van der Waals surface area contributed by atoms with Crippen LogP contribution in [0, 0.1) is 0 Å². The second-order valence-corrected chi connectivity index (χ2v) is 5.96. The molecule has 0 saturated carbocycles. The van der Waals surface area contributed by atoms with Gasteiger partial charge in [-0.15, -0.1) is 0 Å². The normalized spacial score (nSPS) is 21.0. The van der Waals surface area contributed by atoms with Crippen LogP contribution >= 0.6 is 0 Å². The summed E-state index contributed by atoms with van der Waals surface area (Å²) in [4.78, 5) is 0. The Balaban J connectivity index is 1.28. The van der Waals surface area contributed by atoms with Crippen LogP contribution in [0.4, 0.5) is 0 Å². The summed E-state index contributed by atoms with van der Waals surface area (Å²) >= 11 is 0. The molecular weight excluding hydrogens is 274 g/mol. The van der Waals surface area contributed by atoms with Gasteiger partial charge in [0.2, 0.25) is 0 Å². The van der Waals surface area contributed by atoms with Crippen molar-refractivity contribution in [3.63, 3.8) is 0 Å². The SMILES string of the molecule is C1=CC2=C(CC1)CN[C@H](COCCOCc1ccccc1)C2. The van der Waals surface area contributed by atoms with Crippen molar-refractivity contribution in [1.82, 2.24) is 5.32 Å². The van der Waals surface area contributed by atoms with Gasteiger partial charge >= 0.3 is 0 Å². The second-order valence-electron chi connectivity index (χ2n) is 5.96. The Bertz CT molecular complexity index is 521. The molecule has 3 nitrogen and oxygen atoms in total. The molecule has 0 fully saturated rings. The minimum absolute atomic E-state index is 0.440. The Hall–Kier alpha value is -1.42. The minimum atomic E-state index is 0.440. The van der Waals surface area contributed by atoms with E-state index >= 15 is 0 Å². The molecule has 0 unspecified atom stereocenters. The highest BCUT2D eigenvalue weighted by Crippen LogP contribution is 2.25. The van der Waals surface area contributed by atoms with Gasteiger partial charge in [0.25, 0.3) is 0 Å². The molecule has 2 aliphatic rings. The molecule has 118 valence electrons. The van der Waals surface area contributed by atoms with E-state index in [9.17, 15) is 0 Å². The number of ether oxygens (including phenoxy) is 2. The van der Waals surface area contributed by atoms with Crippen LogP contribution in [0.25, 0.3) is 0 Å². The van der Waals surface area contributed by atoms with Gasteiger partial charge in [-0.3, -0.25) is 0 Å². The highest BCUT2D eigenvalue weighted by atomic mass is 16.5. The molecule has 0 spiro atoms. The van der Waals surface area contributed by atoms with Crippen LogP contribution in [0.3, 0.4) is 0 Å². The number of benzene rings is 1. The Kier molecular flexibility index (Phi) is 5.82. The molecule has 3 heteroatoms. The van der Waals surface area contributed by atoms with Crippen molar-refractivity contribution < 1.29 is 9.47 Å². The summed E-state index contributed by atoms with van der Waals surface area (Å²) in [6, 6.07) is 10.7. The topological polar surface area (TPSA) is 30.5 Å². The number of hydrogen-bond acceptors (Lipinski definition) is 3. The van der Waals surface area contributed by atoms with Gasteiger partial charge < -0.3 is 14.8 Å². The fourth-order valence-electron chi connectivity index (χ4n) is 3.01. The number of allylic oxidation sites excluding steroid dienone is 2. The highest BCUT2D eigenvalue weighted by molar-refractivity contribution is 5.33. The van der Waals surface area contributed by atoms with E-state index in [1.54, 1.807) is 5.57 Å². The Morgan fingerprint density at radius 2 is 1.95 bits per heavy atom. The van der Waals surface area contributed by atoms with E-state index in [4.69, 9.17) is 9.47 Å². The van der Waals surface area contributed by atoms with Crippen LogP contribution in [0.15, 0.2) is 53.6 Å². The lowest BCUT2D eigenvalue weighted by Crippen LogP contribution is -2.39. The number of rotatable bonds is 7. The predicted octanol–water partition coefficient (Wildman–Crippen LogP) is 3.23. The van der Waals surface area contributed by atoms with Crippen LogP contribution in [0.1, 0.15) is 24.8 Å². The van der Waals surface area contributed by atoms with E-state index in [1.165, 1.54) is 24.0 Å². The van der Waals surface area contributed by atoms with Crippen LogP contribution in [-0.4, -0.2) is 32.4 Å². The van der Waals surface area contributed by atoms with Crippen molar-refractivity contribution in [2.45, 2.75) is 31.9 Å². The molecule has 0 bridgehead atoms. The number of hydrogen-bond donors (Lipinski definition) is 1. The van der Waals surface area contributed by atoms with E-state index < -0.39 is 0 Å². The largest absolute Gasteiger partial charge is 0.377 e. The van der Waals surface area contributed by atoms with Crippen molar-refractivity contribution >= 4 is 0 Å². The minimum Gasteiger partial charge on any atom is -0.377 e. The Morgan fingerprint density at radius 1 is 1.09 bits per heavy atom. The van der Waals surface area contributed by atoms with Gasteiger partial charge in [-0.05, 0) is 30.4 Å². The molecule has 1 atom stereocenters. The van der Waals surface area contributed by atoms with E-state index in [0.29, 0.717) is 25.9 Å². The van der Waals surface area contributed by atoms with Crippen molar-refractivity contribution in [1.29, 1.82) is 0 Å². The average Bonchev–Trinajstić information content (AvgIpc) is 2.59. The van der Waals surface area contributed by atoms with Crippen LogP contribution in [0.2, 0.25) is 0 Å². The maximum atomic E-state index is 5.76. The molecule has 0 aromatic heterocycles. The van der Waals surface area contributed by atoms with Crippen molar-refractivity contribution in [2.24, 2.45) is 0 Å². The third-order valence-electron chi connectivity index (χ3n) is 4.26. The van der Waals surface area contributed by atoms with Gasteiger partial charge in [0.1, 0.15) is 0 Å². The van der Waals surface area contributed by atoms with Crippen molar-refractivity contribution in [2.75, 3.05) is 26.4 Å². The molecule has 3 rings (SSSR count). The van der Waals surface area contributed by atoms with Crippen molar-refractivity contribution in [3.05, 3.63) is 59.2 Å². The van der Waals surface area contributed by atoms with Crippen LogP contribution in [-0.2, 0) is 16.1 Å². The Morgan fingerprint density at radius 3 is 2.86 bits per heavy atom. The first-order valence-corrected chi connectivity index (χ1v) is 8.22. The van der Waals surface area contributed by atoms with Gasteiger partial charge in [-0.25, -0.2) is 0 Å². The second kappa shape index (κ2) is 8.28. The Labute approximate surface area is 133 Å². The van der Waals surface area contributed by atoms with E-state index in [-0.39, 0.29) is 0 Å². The van der Waals surface area contributed by atoms with Gasteiger partial charge in [0, 0.05) is 12.6 Å².